The van der Waals surface area contributed by atoms with Gasteiger partial charge in [0, 0.05) is 11.4 Å². The molecule has 1 amide bonds. The Bertz CT molecular complexity index is 1080. The van der Waals surface area contributed by atoms with Crippen molar-refractivity contribution in [3.63, 3.8) is 0 Å². The normalized spacial score (nSPS) is 15.8. The Kier molecular flexibility index (Phi) is 4.31. The fourth-order valence-electron chi connectivity index (χ4n) is 3.41. The van der Waals surface area contributed by atoms with Crippen LogP contribution in [0.5, 0.6) is 5.75 Å². The van der Waals surface area contributed by atoms with Gasteiger partial charge in [0.15, 0.2) is 0 Å². The Morgan fingerprint density at radius 3 is 2.61 bits per heavy atom. The molecule has 8 nitrogen and oxygen atoms in total. The maximum absolute atomic E-state index is 13.3. The standard InChI is InChI=1S/C20H20N6O2/c1-11-4-9-16(12(2)10-11)22-19(28)17-13(3)21-20-23-24-25-26(20)18(17)14-5-7-15(27)8-6-14/h4-10,18,27H,1-3H3,(H,22,28)(H,21,23,25)/t18-/m1/s1. The predicted octanol–water partition coefficient (Wildman–Crippen LogP) is 2.92. The van der Waals surface area contributed by atoms with Gasteiger partial charge in [-0.05, 0) is 60.5 Å². The Morgan fingerprint density at radius 2 is 1.89 bits per heavy atom. The quantitative estimate of drug-likeness (QED) is 0.649. The van der Waals surface area contributed by atoms with Crippen LogP contribution < -0.4 is 10.6 Å². The number of carbonyl (C=O) groups excluding carboxylic acids is 1. The second-order valence-electron chi connectivity index (χ2n) is 6.88. The summed E-state index contributed by atoms with van der Waals surface area (Å²) in [4.78, 5) is 13.3. The number of amides is 1. The number of anilines is 2. The number of hydrogen-bond acceptors (Lipinski definition) is 6. The minimum absolute atomic E-state index is 0.150. The molecule has 0 spiro atoms. The molecule has 142 valence electrons. The van der Waals surface area contributed by atoms with E-state index in [-0.39, 0.29) is 11.7 Å². The largest absolute Gasteiger partial charge is 0.508 e. The van der Waals surface area contributed by atoms with Crippen molar-refractivity contribution in [1.82, 2.24) is 20.2 Å². The summed E-state index contributed by atoms with van der Waals surface area (Å²) >= 11 is 0. The van der Waals surface area contributed by atoms with Crippen LogP contribution in [0.3, 0.4) is 0 Å². The lowest BCUT2D eigenvalue weighted by atomic mass is 9.95. The van der Waals surface area contributed by atoms with E-state index < -0.39 is 6.04 Å². The molecule has 3 aromatic rings. The first-order chi connectivity index (χ1) is 13.4. The van der Waals surface area contributed by atoms with Crippen LogP contribution in [0.4, 0.5) is 11.6 Å². The molecule has 1 atom stereocenters. The highest BCUT2D eigenvalue weighted by Crippen LogP contribution is 2.35. The number of benzene rings is 2. The van der Waals surface area contributed by atoms with Gasteiger partial charge >= 0.3 is 0 Å². The molecule has 28 heavy (non-hydrogen) atoms. The molecule has 0 saturated heterocycles. The first-order valence-electron chi connectivity index (χ1n) is 8.87. The summed E-state index contributed by atoms with van der Waals surface area (Å²) in [7, 11) is 0. The van der Waals surface area contributed by atoms with E-state index in [1.165, 1.54) is 0 Å². The molecule has 2 heterocycles. The Morgan fingerprint density at radius 1 is 1.14 bits per heavy atom. The first-order valence-corrected chi connectivity index (χ1v) is 8.87. The number of rotatable bonds is 3. The number of aryl methyl sites for hydroxylation is 2. The number of fused-ring (bicyclic) bond motifs is 1. The van der Waals surface area contributed by atoms with Crippen molar-refractivity contribution in [2.24, 2.45) is 0 Å². The van der Waals surface area contributed by atoms with Crippen molar-refractivity contribution in [3.05, 3.63) is 70.4 Å². The van der Waals surface area contributed by atoms with Crippen molar-refractivity contribution < 1.29 is 9.90 Å². The minimum atomic E-state index is -0.516. The third-order valence-corrected chi connectivity index (χ3v) is 4.80. The number of nitrogens with one attached hydrogen (secondary N) is 2. The van der Waals surface area contributed by atoms with E-state index in [1.807, 2.05) is 39.0 Å². The van der Waals surface area contributed by atoms with Crippen LogP contribution in [-0.2, 0) is 4.79 Å². The van der Waals surface area contributed by atoms with Crippen molar-refractivity contribution in [1.29, 1.82) is 0 Å². The molecular formula is C20H20N6O2. The second-order valence-corrected chi connectivity index (χ2v) is 6.88. The highest BCUT2D eigenvalue weighted by Gasteiger charge is 2.34. The molecule has 3 N–H and O–H groups in total. The minimum Gasteiger partial charge on any atom is -0.508 e. The lowest BCUT2D eigenvalue weighted by molar-refractivity contribution is -0.113. The van der Waals surface area contributed by atoms with Gasteiger partial charge in [0.25, 0.3) is 5.91 Å². The van der Waals surface area contributed by atoms with Gasteiger partial charge in [-0.15, -0.1) is 0 Å². The SMILES string of the molecule is CC1=C(C(=O)Nc2ccc(C)cc2C)[C@@H](c2ccc(O)cc2)n2nnnc2N1. The number of nitrogens with zero attached hydrogens (tertiary/aromatic N) is 4. The topological polar surface area (TPSA) is 105 Å². The molecular weight excluding hydrogens is 356 g/mol. The van der Waals surface area contributed by atoms with Gasteiger partial charge in [-0.1, -0.05) is 34.9 Å². The monoisotopic (exact) mass is 376 g/mol. The van der Waals surface area contributed by atoms with Crippen molar-refractivity contribution in [2.45, 2.75) is 26.8 Å². The third-order valence-electron chi connectivity index (χ3n) is 4.80. The Labute approximate surface area is 161 Å². The van der Waals surface area contributed by atoms with Crippen LogP contribution >= 0.6 is 0 Å². The van der Waals surface area contributed by atoms with E-state index in [0.717, 1.165) is 22.4 Å². The summed E-state index contributed by atoms with van der Waals surface area (Å²) in [5.74, 6) is 0.367. The van der Waals surface area contributed by atoms with Crippen LogP contribution in [-0.4, -0.2) is 31.2 Å². The molecule has 4 rings (SSSR count). The van der Waals surface area contributed by atoms with E-state index in [0.29, 0.717) is 17.2 Å². The van der Waals surface area contributed by atoms with Gasteiger partial charge in [-0.3, -0.25) is 4.79 Å². The van der Waals surface area contributed by atoms with E-state index >= 15 is 0 Å². The van der Waals surface area contributed by atoms with Crippen LogP contribution in [0.25, 0.3) is 0 Å². The maximum atomic E-state index is 13.3. The van der Waals surface area contributed by atoms with Gasteiger partial charge in [-0.2, -0.15) is 4.68 Å². The average molecular weight is 376 g/mol. The molecule has 0 radical (unpaired) electrons. The summed E-state index contributed by atoms with van der Waals surface area (Å²) in [5, 5.41) is 27.5. The number of phenolic OH excluding ortho intramolecular Hbond substituents is 1. The maximum Gasteiger partial charge on any atom is 0.255 e. The van der Waals surface area contributed by atoms with Crippen molar-refractivity contribution in [2.75, 3.05) is 10.6 Å². The fourth-order valence-corrected chi connectivity index (χ4v) is 3.41. The zero-order valence-electron chi connectivity index (χ0n) is 15.8. The van der Waals surface area contributed by atoms with E-state index in [9.17, 15) is 9.90 Å². The Hall–Kier alpha value is -3.68. The van der Waals surface area contributed by atoms with E-state index in [2.05, 4.69) is 26.2 Å². The molecule has 0 fully saturated rings. The third kappa shape index (κ3) is 3.09. The van der Waals surface area contributed by atoms with E-state index in [4.69, 9.17) is 0 Å². The van der Waals surface area contributed by atoms with Gasteiger partial charge in [0.2, 0.25) is 5.95 Å². The number of hydrogen-bond donors (Lipinski definition) is 3. The van der Waals surface area contributed by atoms with Gasteiger partial charge in [0.05, 0.1) is 5.57 Å². The summed E-state index contributed by atoms with van der Waals surface area (Å²) in [6, 6.07) is 12.0. The molecule has 1 aliphatic heterocycles. The smallest absolute Gasteiger partial charge is 0.255 e. The van der Waals surface area contributed by atoms with Crippen molar-refractivity contribution in [3.8, 4) is 5.75 Å². The summed E-state index contributed by atoms with van der Waals surface area (Å²) in [5.41, 5.74) is 4.83. The molecule has 0 saturated carbocycles. The summed E-state index contributed by atoms with van der Waals surface area (Å²) < 4.78 is 1.57. The molecule has 2 aromatic carbocycles. The number of aromatic nitrogens is 4. The number of phenols is 1. The number of carbonyl (C=O) groups is 1. The average Bonchev–Trinajstić information content (AvgIpc) is 3.11. The molecule has 8 heteroatoms. The zero-order valence-corrected chi connectivity index (χ0v) is 15.8. The highest BCUT2D eigenvalue weighted by molar-refractivity contribution is 6.06. The van der Waals surface area contributed by atoms with Gasteiger partial charge < -0.3 is 15.7 Å². The zero-order chi connectivity index (χ0) is 19.8. The summed E-state index contributed by atoms with van der Waals surface area (Å²) in [6.45, 7) is 5.79. The Balaban J connectivity index is 1.76. The van der Waals surface area contributed by atoms with Crippen LogP contribution in [0.2, 0.25) is 0 Å². The molecule has 0 unspecified atom stereocenters. The second kappa shape index (κ2) is 6.80. The van der Waals surface area contributed by atoms with Gasteiger partial charge in [-0.25, -0.2) is 0 Å². The predicted molar refractivity (Wildman–Crippen MR) is 105 cm³/mol. The van der Waals surface area contributed by atoms with Crippen LogP contribution in [0.1, 0.15) is 29.7 Å². The number of aromatic hydroxyl groups is 1. The lowest BCUT2D eigenvalue weighted by Crippen LogP contribution is -2.31. The van der Waals surface area contributed by atoms with E-state index in [1.54, 1.807) is 28.9 Å². The van der Waals surface area contributed by atoms with Gasteiger partial charge in [0.1, 0.15) is 11.8 Å². The molecule has 1 aromatic heterocycles. The first kappa shape index (κ1) is 17.7. The lowest BCUT2D eigenvalue weighted by Gasteiger charge is -2.28. The summed E-state index contributed by atoms with van der Waals surface area (Å²) in [6.07, 6.45) is 0. The highest BCUT2D eigenvalue weighted by atomic mass is 16.3. The molecule has 0 aliphatic carbocycles. The molecule has 1 aliphatic rings. The number of allylic oxidation sites excluding steroid dienone is 1. The van der Waals surface area contributed by atoms with Crippen molar-refractivity contribution >= 4 is 17.5 Å². The van der Waals surface area contributed by atoms with Crippen LogP contribution in [0.15, 0.2) is 53.7 Å². The molecule has 0 bridgehead atoms. The fraction of sp³-hybridized carbons (Fsp3) is 0.200. The number of tetrazole rings is 1. The van der Waals surface area contributed by atoms with Crippen LogP contribution in [0, 0.1) is 13.8 Å².